The summed E-state index contributed by atoms with van der Waals surface area (Å²) in [5, 5.41) is 0. The summed E-state index contributed by atoms with van der Waals surface area (Å²) in [6.07, 6.45) is 6.50. The summed E-state index contributed by atoms with van der Waals surface area (Å²) in [7, 11) is 0. The molecule has 0 radical (unpaired) electrons. The summed E-state index contributed by atoms with van der Waals surface area (Å²) in [5.74, 6) is -0.360. The molecule has 0 aromatic rings. The largest absolute Gasteiger partial charge is 0.459 e. The van der Waals surface area contributed by atoms with Gasteiger partial charge < -0.3 is 9.47 Å². The van der Waals surface area contributed by atoms with E-state index in [1.54, 1.807) is 0 Å². The molecular weight excluding hydrogens is 192 g/mol. The molecule has 0 saturated carbocycles. The van der Waals surface area contributed by atoms with Gasteiger partial charge in [0, 0.05) is 12.7 Å². The van der Waals surface area contributed by atoms with Crippen LogP contribution in [0.25, 0.3) is 0 Å². The predicted molar refractivity (Wildman–Crippen MR) is 58.6 cm³/mol. The molecule has 1 rings (SSSR count). The first-order valence-electron chi connectivity index (χ1n) is 5.65. The monoisotopic (exact) mass is 212 g/mol. The van der Waals surface area contributed by atoms with E-state index in [1.165, 1.54) is 6.08 Å². The molecule has 1 atom stereocenters. The van der Waals surface area contributed by atoms with Crippen LogP contribution < -0.4 is 0 Å². The second-order valence-corrected chi connectivity index (χ2v) is 4.05. The maximum Gasteiger partial charge on any atom is 0.330 e. The molecular formula is C12H20O3. The van der Waals surface area contributed by atoms with Gasteiger partial charge in [-0.25, -0.2) is 4.79 Å². The number of carbonyl (C=O) groups is 1. The average molecular weight is 212 g/mol. The average Bonchev–Trinajstić information content (AvgIpc) is 2.72. The Morgan fingerprint density at radius 2 is 2.47 bits per heavy atom. The molecule has 15 heavy (non-hydrogen) atoms. The number of hydrogen-bond acceptors (Lipinski definition) is 3. The van der Waals surface area contributed by atoms with Gasteiger partial charge in [0.1, 0.15) is 12.2 Å². The number of esters is 1. The topological polar surface area (TPSA) is 35.5 Å². The van der Waals surface area contributed by atoms with Crippen LogP contribution in [0.3, 0.4) is 0 Å². The molecule has 0 aliphatic carbocycles. The number of ether oxygens (including phenoxy) is 2. The molecule has 1 unspecified atom stereocenters. The van der Waals surface area contributed by atoms with Crippen molar-refractivity contribution in [1.29, 1.82) is 0 Å². The van der Waals surface area contributed by atoms with E-state index in [0.717, 1.165) is 38.7 Å². The lowest BCUT2D eigenvalue weighted by atomic mass is 9.94. The Labute approximate surface area is 91.4 Å². The quantitative estimate of drug-likeness (QED) is 0.501. The standard InChI is InChI=1S/C12H20O3/c1-3-5-7-12(8-6-9-15-12)10-14-11(13)4-2/h4H,2-3,5-10H2,1H3. The maximum atomic E-state index is 11.0. The molecule has 1 aliphatic heterocycles. The lowest BCUT2D eigenvalue weighted by Gasteiger charge is -2.27. The first kappa shape index (κ1) is 12.2. The van der Waals surface area contributed by atoms with Gasteiger partial charge in [-0.05, 0) is 19.3 Å². The molecule has 1 fully saturated rings. The van der Waals surface area contributed by atoms with Gasteiger partial charge >= 0.3 is 5.97 Å². The van der Waals surface area contributed by atoms with Crippen LogP contribution in [0.15, 0.2) is 12.7 Å². The molecule has 0 aromatic carbocycles. The fourth-order valence-corrected chi connectivity index (χ4v) is 1.90. The molecule has 86 valence electrons. The van der Waals surface area contributed by atoms with Crippen LogP contribution in [-0.2, 0) is 14.3 Å². The van der Waals surface area contributed by atoms with Gasteiger partial charge in [-0.2, -0.15) is 0 Å². The Bertz CT molecular complexity index is 217. The van der Waals surface area contributed by atoms with E-state index in [9.17, 15) is 4.79 Å². The molecule has 3 nitrogen and oxygen atoms in total. The summed E-state index contributed by atoms with van der Waals surface area (Å²) in [6, 6.07) is 0. The normalized spacial score (nSPS) is 25.1. The van der Waals surface area contributed by atoms with Crippen molar-refractivity contribution in [3.8, 4) is 0 Å². The van der Waals surface area contributed by atoms with Gasteiger partial charge in [0.05, 0.1) is 0 Å². The van der Waals surface area contributed by atoms with Crippen LogP contribution in [-0.4, -0.2) is 24.8 Å². The lowest BCUT2D eigenvalue weighted by Crippen LogP contribution is -2.34. The zero-order valence-corrected chi connectivity index (χ0v) is 9.46. The van der Waals surface area contributed by atoms with Crippen molar-refractivity contribution in [2.45, 2.75) is 44.6 Å². The molecule has 0 amide bonds. The zero-order valence-electron chi connectivity index (χ0n) is 9.46. The van der Waals surface area contributed by atoms with Crippen LogP contribution >= 0.6 is 0 Å². The third-order valence-electron chi connectivity index (χ3n) is 2.82. The fraction of sp³-hybridized carbons (Fsp3) is 0.750. The van der Waals surface area contributed by atoms with Crippen molar-refractivity contribution in [3.05, 3.63) is 12.7 Å². The predicted octanol–water partition coefficient (Wildman–Crippen LogP) is 2.46. The van der Waals surface area contributed by atoms with Crippen LogP contribution in [0.2, 0.25) is 0 Å². The number of carbonyl (C=O) groups excluding carboxylic acids is 1. The van der Waals surface area contributed by atoms with Crippen molar-refractivity contribution >= 4 is 5.97 Å². The highest BCUT2D eigenvalue weighted by molar-refractivity contribution is 5.81. The Morgan fingerprint density at radius 1 is 1.67 bits per heavy atom. The van der Waals surface area contributed by atoms with Crippen molar-refractivity contribution in [2.75, 3.05) is 13.2 Å². The molecule has 1 saturated heterocycles. The van der Waals surface area contributed by atoms with Crippen LogP contribution in [0.5, 0.6) is 0 Å². The van der Waals surface area contributed by atoms with Gasteiger partial charge in [0.25, 0.3) is 0 Å². The lowest BCUT2D eigenvalue weighted by molar-refractivity contribution is -0.147. The fourth-order valence-electron chi connectivity index (χ4n) is 1.90. The van der Waals surface area contributed by atoms with Crippen LogP contribution in [0.1, 0.15) is 39.0 Å². The Kier molecular flexibility index (Phi) is 4.82. The number of rotatable bonds is 6. The minimum atomic E-state index is -0.360. The Hall–Kier alpha value is -0.830. The zero-order chi connectivity index (χ0) is 11.1. The number of hydrogen-bond donors (Lipinski definition) is 0. The summed E-state index contributed by atoms with van der Waals surface area (Å²) < 4.78 is 10.8. The van der Waals surface area contributed by atoms with Crippen molar-refractivity contribution in [3.63, 3.8) is 0 Å². The van der Waals surface area contributed by atoms with Crippen molar-refractivity contribution in [2.24, 2.45) is 0 Å². The van der Waals surface area contributed by atoms with Crippen molar-refractivity contribution in [1.82, 2.24) is 0 Å². The van der Waals surface area contributed by atoms with Gasteiger partial charge in [0.15, 0.2) is 0 Å². The van der Waals surface area contributed by atoms with Crippen LogP contribution in [0, 0.1) is 0 Å². The van der Waals surface area contributed by atoms with Gasteiger partial charge in [0.2, 0.25) is 0 Å². The second-order valence-electron chi connectivity index (χ2n) is 4.05. The first-order chi connectivity index (χ1) is 7.22. The molecule has 1 heterocycles. The van der Waals surface area contributed by atoms with E-state index in [-0.39, 0.29) is 11.6 Å². The highest BCUT2D eigenvalue weighted by Crippen LogP contribution is 2.31. The summed E-state index contributed by atoms with van der Waals surface area (Å²) in [4.78, 5) is 11.0. The maximum absolute atomic E-state index is 11.0. The smallest absolute Gasteiger partial charge is 0.330 e. The molecule has 0 aromatic heterocycles. The van der Waals surface area contributed by atoms with Gasteiger partial charge in [-0.15, -0.1) is 0 Å². The van der Waals surface area contributed by atoms with Gasteiger partial charge in [-0.1, -0.05) is 26.3 Å². The Balaban J connectivity index is 2.42. The van der Waals surface area contributed by atoms with E-state index in [0.29, 0.717) is 6.61 Å². The molecule has 1 aliphatic rings. The van der Waals surface area contributed by atoms with Gasteiger partial charge in [-0.3, -0.25) is 0 Å². The molecule has 0 bridgehead atoms. The van der Waals surface area contributed by atoms with E-state index in [2.05, 4.69) is 13.5 Å². The number of unbranched alkanes of at least 4 members (excludes halogenated alkanes) is 1. The summed E-state index contributed by atoms with van der Waals surface area (Å²) in [5.41, 5.74) is -0.214. The van der Waals surface area contributed by atoms with E-state index in [4.69, 9.17) is 9.47 Å². The van der Waals surface area contributed by atoms with Crippen molar-refractivity contribution < 1.29 is 14.3 Å². The second kappa shape index (κ2) is 5.91. The summed E-state index contributed by atoms with van der Waals surface area (Å²) >= 11 is 0. The molecule has 0 spiro atoms. The highest BCUT2D eigenvalue weighted by atomic mass is 16.6. The molecule has 3 heteroatoms. The Morgan fingerprint density at radius 3 is 3.00 bits per heavy atom. The van der Waals surface area contributed by atoms with E-state index >= 15 is 0 Å². The minimum Gasteiger partial charge on any atom is -0.459 e. The third-order valence-corrected chi connectivity index (χ3v) is 2.82. The van der Waals surface area contributed by atoms with Crippen LogP contribution in [0.4, 0.5) is 0 Å². The highest BCUT2D eigenvalue weighted by Gasteiger charge is 2.35. The SMILES string of the molecule is C=CC(=O)OCC1(CCCC)CCCO1. The summed E-state index contributed by atoms with van der Waals surface area (Å²) in [6.45, 7) is 6.69. The minimum absolute atomic E-state index is 0.214. The van der Waals surface area contributed by atoms with E-state index in [1.807, 2.05) is 0 Å². The third kappa shape index (κ3) is 3.67. The van der Waals surface area contributed by atoms with E-state index < -0.39 is 0 Å². The molecule has 0 N–H and O–H groups in total. The first-order valence-corrected chi connectivity index (χ1v) is 5.65.